The van der Waals surface area contributed by atoms with E-state index < -0.39 is 19.5 Å². The fraction of sp³-hybridized carbons (Fsp3) is 1.00. The van der Waals surface area contributed by atoms with Gasteiger partial charge >= 0.3 is 0 Å². The average Bonchev–Trinajstić information content (AvgIpc) is 2.17. The maximum absolute atomic E-state index is 6.00. The highest BCUT2D eigenvalue weighted by atomic mass is 79.9. The van der Waals surface area contributed by atoms with Crippen molar-refractivity contribution in [3.05, 3.63) is 0 Å². The normalized spacial score (nSPS) is 18.4. The van der Waals surface area contributed by atoms with Crippen LogP contribution in [0.5, 0.6) is 0 Å². The molecule has 0 bridgehead atoms. The van der Waals surface area contributed by atoms with E-state index in [0.29, 0.717) is 0 Å². The zero-order valence-electron chi connectivity index (χ0n) is 10.0. The first-order chi connectivity index (χ1) is 6.49. The van der Waals surface area contributed by atoms with Gasteiger partial charge in [-0.25, -0.2) is 0 Å². The zero-order chi connectivity index (χ0) is 11.2. The third-order valence-electron chi connectivity index (χ3n) is 2.59. The summed E-state index contributed by atoms with van der Waals surface area (Å²) >= 11 is 3.56. The quantitative estimate of drug-likeness (QED) is 0.405. The van der Waals surface area contributed by atoms with Crippen molar-refractivity contribution in [2.24, 2.45) is 5.41 Å². The molecule has 0 aliphatic heterocycles. The van der Waals surface area contributed by atoms with Gasteiger partial charge in [0.25, 0.3) is 0 Å². The van der Waals surface area contributed by atoms with Gasteiger partial charge in [0.2, 0.25) is 0 Å². The van der Waals surface area contributed by atoms with E-state index >= 15 is 0 Å². The molecule has 0 aliphatic rings. The van der Waals surface area contributed by atoms with Gasteiger partial charge < -0.3 is 8.85 Å². The molecule has 0 atom stereocenters. The highest BCUT2D eigenvalue weighted by Crippen LogP contribution is 2.39. The van der Waals surface area contributed by atoms with Crippen molar-refractivity contribution in [2.45, 2.75) is 46.1 Å². The van der Waals surface area contributed by atoms with Crippen LogP contribution < -0.4 is 0 Å². The minimum Gasteiger partial charge on any atom is -0.398 e. The fourth-order valence-electron chi connectivity index (χ4n) is 1.68. The molecule has 0 unspecified atom stereocenters. The second-order valence-electron chi connectivity index (χ2n) is 3.99. The molecular formula is C9H23BrO2Si2. The fourth-order valence-corrected chi connectivity index (χ4v) is 4.57. The number of hydrogen-bond donors (Lipinski definition) is 0. The molecular weight excluding hydrogens is 276 g/mol. The molecule has 0 spiro atoms. The molecule has 0 aliphatic carbocycles. The summed E-state index contributed by atoms with van der Waals surface area (Å²) in [5.74, 6) is -0.335. The molecule has 0 rings (SSSR count). The first-order valence-corrected chi connectivity index (χ1v) is 10.4. The molecule has 14 heavy (non-hydrogen) atoms. The SMILES string of the molecule is CCC(O[SiH2]C)(O[SiH2]C)C(C)(C)CBr. The maximum Gasteiger partial charge on any atom is 0.162 e. The van der Waals surface area contributed by atoms with Crippen LogP contribution in [0.3, 0.4) is 0 Å². The summed E-state index contributed by atoms with van der Waals surface area (Å²) in [5, 5.41) is 0.913. The molecule has 0 saturated carbocycles. The summed E-state index contributed by atoms with van der Waals surface area (Å²) in [6, 6.07) is 0. The van der Waals surface area contributed by atoms with Gasteiger partial charge in [0.05, 0.1) is 0 Å². The summed E-state index contributed by atoms with van der Waals surface area (Å²) in [4.78, 5) is 0. The van der Waals surface area contributed by atoms with E-state index in [0.717, 1.165) is 11.8 Å². The molecule has 0 heterocycles. The first kappa shape index (κ1) is 14.8. The molecule has 5 heteroatoms. The van der Waals surface area contributed by atoms with Gasteiger partial charge in [-0.15, -0.1) is 0 Å². The monoisotopic (exact) mass is 298 g/mol. The van der Waals surface area contributed by atoms with Crippen LogP contribution in [-0.2, 0) is 8.85 Å². The lowest BCUT2D eigenvalue weighted by atomic mass is 9.84. The van der Waals surface area contributed by atoms with Crippen molar-refractivity contribution < 1.29 is 8.85 Å². The molecule has 0 radical (unpaired) electrons. The van der Waals surface area contributed by atoms with Gasteiger partial charge in [0, 0.05) is 10.7 Å². The van der Waals surface area contributed by atoms with Gasteiger partial charge in [-0.05, 0) is 6.42 Å². The van der Waals surface area contributed by atoms with Crippen LogP contribution in [0.15, 0.2) is 0 Å². The predicted octanol–water partition coefficient (Wildman–Crippen LogP) is 1.81. The predicted molar refractivity (Wildman–Crippen MR) is 71.6 cm³/mol. The Bertz CT molecular complexity index is 159. The third-order valence-corrected chi connectivity index (χ3v) is 5.50. The van der Waals surface area contributed by atoms with E-state index in [4.69, 9.17) is 8.85 Å². The first-order valence-electron chi connectivity index (χ1n) is 5.33. The Kier molecular flexibility index (Phi) is 6.81. The molecule has 0 N–H and O–H groups in total. The Labute approximate surface area is 101 Å². The van der Waals surface area contributed by atoms with Crippen LogP contribution in [0.25, 0.3) is 0 Å². The topological polar surface area (TPSA) is 18.5 Å². The van der Waals surface area contributed by atoms with Crippen molar-refractivity contribution in [1.29, 1.82) is 0 Å². The van der Waals surface area contributed by atoms with Gasteiger partial charge in [-0.2, -0.15) is 0 Å². The van der Waals surface area contributed by atoms with Crippen molar-refractivity contribution in [3.8, 4) is 0 Å². The minimum absolute atomic E-state index is 0.0494. The van der Waals surface area contributed by atoms with Gasteiger partial charge in [-0.3, -0.25) is 0 Å². The van der Waals surface area contributed by atoms with E-state index in [1.807, 2.05) is 0 Å². The molecule has 0 aromatic rings. The van der Waals surface area contributed by atoms with Gasteiger partial charge in [0.15, 0.2) is 25.3 Å². The highest BCUT2D eigenvalue weighted by Gasteiger charge is 2.43. The van der Waals surface area contributed by atoms with E-state index in [2.05, 4.69) is 49.8 Å². The molecule has 86 valence electrons. The molecule has 0 fully saturated rings. The van der Waals surface area contributed by atoms with Crippen LogP contribution in [0, 0.1) is 5.41 Å². The number of rotatable bonds is 7. The highest BCUT2D eigenvalue weighted by molar-refractivity contribution is 9.09. The number of halogens is 1. The Morgan fingerprint density at radius 3 is 1.79 bits per heavy atom. The zero-order valence-corrected chi connectivity index (χ0v) is 14.4. The Morgan fingerprint density at radius 2 is 1.57 bits per heavy atom. The van der Waals surface area contributed by atoms with E-state index in [-0.39, 0.29) is 11.2 Å². The molecule has 0 aromatic carbocycles. The minimum atomic E-state index is -0.434. The second-order valence-corrected chi connectivity index (χ2v) is 6.28. The summed E-state index contributed by atoms with van der Waals surface area (Å²) in [7, 11) is -0.868. The molecule has 0 amide bonds. The smallest absolute Gasteiger partial charge is 0.162 e. The standard InChI is InChI=1S/C9H23BrO2Si2/c1-6-9(11-13-4,12-14-5)8(2,3)7-10/h6-7,13-14H2,1-5H3. The molecule has 2 nitrogen and oxygen atoms in total. The number of alkyl halides is 1. The maximum atomic E-state index is 6.00. The lowest BCUT2D eigenvalue weighted by molar-refractivity contribution is -0.185. The summed E-state index contributed by atoms with van der Waals surface area (Å²) in [5.41, 5.74) is 0.0494. The number of hydrogen-bond acceptors (Lipinski definition) is 2. The lowest BCUT2D eigenvalue weighted by Gasteiger charge is -2.45. The van der Waals surface area contributed by atoms with Crippen LogP contribution in [0.4, 0.5) is 0 Å². The van der Waals surface area contributed by atoms with E-state index in [1.165, 1.54) is 0 Å². The summed E-state index contributed by atoms with van der Waals surface area (Å²) < 4.78 is 12.0. The van der Waals surface area contributed by atoms with Crippen LogP contribution in [0.1, 0.15) is 27.2 Å². The summed E-state index contributed by atoms with van der Waals surface area (Å²) in [6.07, 6.45) is 0.938. The third kappa shape index (κ3) is 3.16. The van der Waals surface area contributed by atoms with Gasteiger partial charge in [-0.1, -0.05) is 49.8 Å². The second kappa shape index (κ2) is 6.42. The van der Waals surface area contributed by atoms with E-state index in [9.17, 15) is 0 Å². The van der Waals surface area contributed by atoms with Crippen molar-refractivity contribution in [3.63, 3.8) is 0 Å². The Hall–Kier alpha value is 0.834. The van der Waals surface area contributed by atoms with Crippen LogP contribution in [-0.4, -0.2) is 30.6 Å². The van der Waals surface area contributed by atoms with Crippen molar-refractivity contribution in [1.82, 2.24) is 0 Å². The van der Waals surface area contributed by atoms with Crippen LogP contribution >= 0.6 is 15.9 Å². The van der Waals surface area contributed by atoms with Gasteiger partial charge in [0.1, 0.15) is 0 Å². The Balaban J connectivity index is 4.80. The lowest BCUT2D eigenvalue weighted by Crippen LogP contribution is -2.51. The van der Waals surface area contributed by atoms with Crippen molar-refractivity contribution >= 4 is 35.5 Å². The van der Waals surface area contributed by atoms with Crippen LogP contribution in [0.2, 0.25) is 13.1 Å². The largest absolute Gasteiger partial charge is 0.398 e. The Morgan fingerprint density at radius 1 is 1.14 bits per heavy atom. The van der Waals surface area contributed by atoms with E-state index in [1.54, 1.807) is 0 Å². The molecule has 0 saturated heterocycles. The van der Waals surface area contributed by atoms with Crippen molar-refractivity contribution in [2.75, 3.05) is 5.33 Å². The average molecular weight is 299 g/mol. The summed E-state index contributed by atoms with van der Waals surface area (Å²) in [6.45, 7) is 10.9. The molecule has 0 aromatic heterocycles.